The Hall–Kier alpha value is -3.22. The molecule has 1 aliphatic carbocycles. The maximum atomic E-state index is 14.9. The average molecular weight is 520 g/mol. The number of carbonyl (C=O) groups is 2. The SMILES string of the molecule is CCS(=O)(=O)Oc1c(F)cccc1-c1ccc([C@@H](C)NC(=O)C2(NC(=O)C(F)(F)F)CC2)c(F)c1. The lowest BCUT2D eigenvalue weighted by Crippen LogP contribution is -2.53. The topological polar surface area (TPSA) is 102 Å². The van der Waals surface area contributed by atoms with Crippen LogP contribution in [0.4, 0.5) is 22.0 Å². The summed E-state index contributed by atoms with van der Waals surface area (Å²) in [5.74, 6) is -5.98. The Kier molecular flexibility index (Phi) is 7.12. The molecule has 1 aliphatic rings. The fourth-order valence-electron chi connectivity index (χ4n) is 3.29. The number of hydrogen-bond acceptors (Lipinski definition) is 5. The number of amides is 2. The second kappa shape index (κ2) is 9.44. The molecule has 1 saturated carbocycles. The number of nitrogens with one attached hydrogen (secondary N) is 2. The van der Waals surface area contributed by atoms with Crippen molar-refractivity contribution in [2.45, 2.75) is 44.4 Å². The van der Waals surface area contributed by atoms with E-state index < -0.39 is 62.8 Å². The number of para-hydroxylation sites is 1. The van der Waals surface area contributed by atoms with Crippen LogP contribution in [0.1, 0.15) is 38.3 Å². The molecule has 2 amide bonds. The average Bonchev–Trinajstić information content (AvgIpc) is 3.55. The van der Waals surface area contributed by atoms with Gasteiger partial charge in [-0.2, -0.15) is 21.6 Å². The van der Waals surface area contributed by atoms with Crippen LogP contribution in [0.3, 0.4) is 0 Å². The van der Waals surface area contributed by atoms with Gasteiger partial charge in [-0.1, -0.05) is 24.3 Å². The zero-order valence-corrected chi connectivity index (χ0v) is 19.3. The molecule has 13 heteroatoms. The van der Waals surface area contributed by atoms with Gasteiger partial charge in [0.1, 0.15) is 11.4 Å². The summed E-state index contributed by atoms with van der Waals surface area (Å²) in [6.45, 7) is 2.70. The third-order valence-electron chi connectivity index (χ3n) is 5.45. The molecule has 0 unspecified atom stereocenters. The maximum absolute atomic E-state index is 14.9. The molecule has 0 radical (unpaired) electrons. The number of alkyl halides is 3. The molecule has 190 valence electrons. The molecule has 0 aliphatic heterocycles. The highest BCUT2D eigenvalue weighted by atomic mass is 32.2. The minimum atomic E-state index is -5.15. The van der Waals surface area contributed by atoms with Gasteiger partial charge in [0.05, 0.1) is 11.8 Å². The van der Waals surface area contributed by atoms with E-state index in [2.05, 4.69) is 5.32 Å². The van der Waals surface area contributed by atoms with Crippen LogP contribution < -0.4 is 14.8 Å². The van der Waals surface area contributed by atoms with Crippen molar-refractivity contribution in [2.24, 2.45) is 0 Å². The number of rotatable bonds is 8. The number of hydrogen-bond donors (Lipinski definition) is 2. The Morgan fingerprint density at radius 2 is 1.77 bits per heavy atom. The molecule has 35 heavy (non-hydrogen) atoms. The van der Waals surface area contributed by atoms with Gasteiger partial charge in [0.25, 0.3) is 0 Å². The third-order valence-corrected chi connectivity index (χ3v) is 6.58. The van der Waals surface area contributed by atoms with Gasteiger partial charge in [0, 0.05) is 11.1 Å². The van der Waals surface area contributed by atoms with Crippen molar-refractivity contribution in [1.82, 2.24) is 10.6 Å². The molecule has 0 bridgehead atoms. The number of carbonyl (C=O) groups excluding carboxylic acids is 2. The van der Waals surface area contributed by atoms with Gasteiger partial charge in [-0.3, -0.25) is 9.59 Å². The van der Waals surface area contributed by atoms with Crippen LogP contribution in [0, 0.1) is 11.6 Å². The molecule has 2 aromatic carbocycles. The largest absolute Gasteiger partial charge is 0.471 e. The predicted octanol–water partition coefficient (Wildman–Crippen LogP) is 3.75. The standard InChI is InChI=1S/C22H21F5N2O5S/c1-3-35(32,33)34-18-15(5-4-6-16(18)23)13-7-8-14(17(24)11-13)12(2)28-19(30)21(9-10-21)29-20(31)22(25,26)27/h4-8,11-12H,3,9-10H2,1-2H3,(H,28,30)(H,29,31)/t12-/m1/s1. The summed E-state index contributed by atoms with van der Waals surface area (Å²) >= 11 is 0. The summed E-state index contributed by atoms with van der Waals surface area (Å²) < 4.78 is 95.3. The Morgan fingerprint density at radius 3 is 2.31 bits per heavy atom. The van der Waals surface area contributed by atoms with Crippen LogP contribution in [0.25, 0.3) is 11.1 Å². The molecular formula is C22H21F5N2O5S. The Balaban J connectivity index is 1.81. The van der Waals surface area contributed by atoms with E-state index in [4.69, 9.17) is 4.18 Å². The van der Waals surface area contributed by atoms with Crippen molar-refractivity contribution in [3.8, 4) is 16.9 Å². The molecule has 0 aromatic heterocycles. The maximum Gasteiger partial charge on any atom is 0.471 e. The highest BCUT2D eigenvalue weighted by molar-refractivity contribution is 7.87. The van der Waals surface area contributed by atoms with Crippen LogP contribution >= 0.6 is 0 Å². The van der Waals surface area contributed by atoms with Gasteiger partial charge < -0.3 is 14.8 Å². The van der Waals surface area contributed by atoms with Gasteiger partial charge in [0.15, 0.2) is 11.6 Å². The molecule has 0 spiro atoms. The van der Waals surface area contributed by atoms with Crippen LogP contribution in [0.5, 0.6) is 5.75 Å². The monoisotopic (exact) mass is 520 g/mol. The molecule has 2 N–H and O–H groups in total. The van der Waals surface area contributed by atoms with Crippen molar-refractivity contribution < 1.29 is 44.1 Å². The second-order valence-corrected chi connectivity index (χ2v) is 9.87. The van der Waals surface area contributed by atoms with Crippen molar-refractivity contribution in [3.05, 3.63) is 53.6 Å². The van der Waals surface area contributed by atoms with Crippen LogP contribution in [0.2, 0.25) is 0 Å². The minimum Gasteiger partial charge on any atom is -0.379 e. The summed E-state index contributed by atoms with van der Waals surface area (Å²) in [6.07, 6.45) is -5.16. The molecule has 1 fully saturated rings. The summed E-state index contributed by atoms with van der Waals surface area (Å²) in [7, 11) is -4.08. The van der Waals surface area contributed by atoms with Gasteiger partial charge in [-0.25, -0.2) is 8.78 Å². The van der Waals surface area contributed by atoms with E-state index in [1.165, 1.54) is 38.1 Å². The van der Waals surface area contributed by atoms with Crippen molar-refractivity contribution in [1.29, 1.82) is 0 Å². The lowest BCUT2D eigenvalue weighted by atomic mass is 9.99. The Morgan fingerprint density at radius 1 is 1.11 bits per heavy atom. The number of halogens is 5. The predicted molar refractivity (Wildman–Crippen MR) is 115 cm³/mol. The first-order chi connectivity index (χ1) is 16.2. The quantitative estimate of drug-likeness (QED) is 0.408. The van der Waals surface area contributed by atoms with Crippen molar-refractivity contribution in [2.75, 3.05) is 5.75 Å². The van der Waals surface area contributed by atoms with E-state index in [1.807, 2.05) is 0 Å². The van der Waals surface area contributed by atoms with Crippen molar-refractivity contribution >= 4 is 21.9 Å². The molecule has 1 atom stereocenters. The lowest BCUT2D eigenvalue weighted by Gasteiger charge is -2.22. The van der Waals surface area contributed by atoms with E-state index in [0.29, 0.717) is 0 Å². The van der Waals surface area contributed by atoms with E-state index >= 15 is 0 Å². The van der Waals surface area contributed by atoms with Gasteiger partial charge in [-0.15, -0.1) is 0 Å². The fraction of sp³-hybridized carbons (Fsp3) is 0.364. The van der Waals surface area contributed by atoms with E-state index in [-0.39, 0.29) is 29.5 Å². The zero-order valence-electron chi connectivity index (χ0n) is 18.5. The Labute approximate surface area is 197 Å². The zero-order chi connectivity index (χ0) is 26.2. The smallest absolute Gasteiger partial charge is 0.379 e. The lowest BCUT2D eigenvalue weighted by molar-refractivity contribution is -0.175. The highest BCUT2D eigenvalue weighted by Gasteiger charge is 2.55. The van der Waals surface area contributed by atoms with E-state index in [1.54, 1.807) is 5.32 Å². The molecule has 2 aromatic rings. The second-order valence-electron chi connectivity index (χ2n) is 8.01. The van der Waals surface area contributed by atoms with E-state index in [9.17, 15) is 40.0 Å². The molecule has 7 nitrogen and oxygen atoms in total. The normalized spacial score (nSPS) is 15.7. The molecule has 0 saturated heterocycles. The summed E-state index contributed by atoms with van der Waals surface area (Å²) in [5, 5.41) is 4.07. The van der Waals surface area contributed by atoms with Gasteiger partial charge in [-0.05, 0) is 44.4 Å². The van der Waals surface area contributed by atoms with Gasteiger partial charge >= 0.3 is 22.2 Å². The molecule has 0 heterocycles. The van der Waals surface area contributed by atoms with Crippen LogP contribution in [0.15, 0.2) is 36.4 Å². The van der Waals surface area contributed by atoms with Crippen LogP contribution in [-0.4, -0.2) is 37.7 Å². The number of benzene rings is 2. The molecular weight excluding hydrogens is 499 g/mol. The summed E-state index contributed by atoms with van der Waals surface area (Å²) in [5.41, 5.74) is -1.70. The van der Waals surface area contributed by atoms with E-state index in [0.717, 1.165) is 12.1 Å². The first-order valence-corrected chi connectivity index (χ1v) is 12.0. The molecule has 3 rings (SSSR count). The van der Waals surface area contributed by atoms with Crippen molar-refractivity contribution in [3.63, 3.8) is 0 Å². The first kappa shape index (κ1) is 26.4. The third kappa shape index (κ3) is 5.89. The first-order valence-electron chi connectivity index (χ1n) is 10.4. The van der Waals surface area contributed by atoms with Gasteiger partial charge in [0.2, 0.25) is 5.91 Å². The summed E-state index contributed by atoms with van der Waals surface area (Å²) in [6, 6.07) is 6.19. The minimum absolute atomic E-state index is 0.00217. The summed E-state index contributed by atoms with van der Waals surface area (Å²) in [4.78, 5) is 23.7. The highest BCUT2D eigenvalue weighted by Crippen LogP contribution is 2.38. The van der Waals surface area contributed by atoms with Crippen LogP contribution in [-0.2, 0) is 19.7 Å². The fourth-order valence-corrected chi connectivity index (χ4v) is 3.83. The Bertz CT molecular complexity index is 1260.